The molecule has 0 amide bonds. The predicted octanol–water partition coefficient (Wildman–Crippen LogP) is 2.64. The van der Waals surface area contributed by atoms with Crippen molar-refractivity contribution in [2.24, 2.45) is 4.99 Å². The lowest BCUT2D eigenvalue weighted by molar-refractivity contribution is 0.719. The Balaban J connectivity index is 0.00000320. The summed E-state index contributed by atoms with van der Waals surface area (Å²) in [6.45, 7) is 1.28. The molecule has 1 aromatic carbocycles. The van der Waals surface area contributed by atoms with E-state index in [1.54, 1.807) is 17.9 Å². The van der Waals surface area contributed by atoms with E-state index in [4.69, 9.17) is 5.73 Å². The number of aliphatic imine (C=N–C) groups is 1. The van der Waals surface area contributed by atoms with Gasteiger partial charge in [-0.05, 0) is 37.1 Å². The number of hydrogen-bond donors (Lipinski definition) is 3. The maximum atomic E-state index is 9.49. The quantitative estimate of drug-likeness (QED) is 0.193. The summed E-state index contributed by atoms with van der Waals surface area (Å²) in [5.74, 6) is 1.07. The van der Waals surface area contributed by atoms with Crippen molar-refractivity contribution >= 4 is 35.8 Å². The van der Waals surface area contributed by atoms with Gasteiger partial charge in [-0.2, -0.15) is 10.4 Å². The highest BCUT2D eigenvalue weighted by molar-refractivity contribution is 14.0. The molecule has 3 rings (SSSR count). The van der Waals surface area contributed by atoms with Crippen molar-refractivity contribution in [2.45, 2.75) is 19.4 Å². The second-order valence-electron chi connectivity index (χ2n) is 6.34. The van der Waals surface area contributed by atoms with E-state index in [1.165, 1.54) is 0 Å². The van der Waals surface area contributed by atoms with Crippen LogP contribution in [0.1, 0.15) is 23.4 Å². The van der Waals surface area contributed by atoms with Crippen LogP contribution in [0, 0.1) is 11.3 Å². The van der Waals surface area contributed by atoms with Crippen molar-refractivity contribution in [3.63, 3.8) is 0 Å². The van der Waals surface area contributed by atoms with E-state index in [0.29, 0.717) is 42.5 Å². The van der Waals surface area contributed by atoms with Crippen molar-refractivity contribution in [1.82, 2.24) is 25.4 Å². The largest absolute Gasteiger partial charge is 0.382 e. The van der Waals surface area contributed by atoms with Crippen LogP contribution in [0.2, 0.25) is 0 Å². The summed E-state index contributed by atoms with van der Waals surface area (Å²) in [5, 5.41) is 20.5. The Morgan fingerprint density at radius 1 is 1.17 bits per heavy atom. The van der Waals surface area contributed by atoms with Crippen molar-refractivity contribution in [1.29, 1.82) is 5.26 Å². The van der Waals surface area contributed by atoms with E-state index in [2.05, 4.69) is 31.8 Å². The minimum Gasteiger partial charge on any atom is -0.382 e. The number of para-hydroxylation sites is 1. The van der Waals surface area contributed by atoms with E-state index in [1.807, 2.05) is 48.5 Å². The first kappa shape index (κ1) is 23.2. The molecule has 0 saturated heterocycles. The number of nitrogens with one attached hydrogen (secondary N) is 2. The minimum atomic E-state index is 0. The average Bonchev–Trinajstić information content (AvgIpc) is 3.09. The zero-order chi connectivity index (χ0) is 20.5. The van der Waals surface area contributed by atoms with Crippen LogP contribution < -0.4 is 16.4 Å². The smallest absolute Gasteiger partial charge is 0.191 e. The van der Waals surface area contributed by atoms with Crippen LogP contribution in [0.4, 0.5) is 5.82 Å². The summed E-state index contributed by atoms with van der Waals surface area (Å²) in [4.78, 5) is 8.49. The van der Waals surface area contributed by atoms with Crippen LogP contribution in [-0.4, -0.2) is 34.3 Å². The number of halogens is 1. The molecule has 8 nitrogen and oxygen atoms in total. The standard InChI is InChI=1S/C21H24N8.HI/c1-24-21(27-15-16-8-5-6-12-25-16)26-13-7-11-19-18(14-22)20(23)29(28-19)17-9-3-2-4-10-17;/h2-6,8-10,12H,7,11,13,15,23H2,1H3,(H2,24,26,27);1H. The molecule has 0 radical (unpaired) electrons. The third-order valence-electron chi connectivity index (χ3n) is 4.38. The van der Waals surface area contributed by atoms with Gasteiger partial charge in [-0.1, -0.05) is 24.3 Å². The number of guanidine groups is 1. The van der Waals surface area contributed by atoms with Crippen molar-refractivity contribution in [3.8, 4) is 11.8 Å². The Morgan fingerprint density at radius 3 is 2.60 bits per heavy atom. The molecule has 0 aliphatic carbocycles. The van der Waals surface area contributed by atoms with E-state index in [9.17, 15) is 5.26 Å². The predicted molar refractivity (Wildman–Crippen MR) is 129 cm³/mol. The Kier molecular flexibility index (Phi) is 9.08. The Bertz CT molecular complexity index is 993. The van der Waals surface area contributed by atoms with Crippen molar-refractivity contribution in [3.05, 3.63) is 71.7 Å². The van der Waals surface area contributed by atoms with Gasteiger partial charge >= 0.3 is 0 Å². The highest BCUT2D eigenvalue weighted by atomic mass is 127. The number of nitrogens with two attached hydrogens (primary N) is 1. The second kappa shape index (κ2) is 11.8. The SMILES string of the molecule is CN=C(NCCCc1nn(-c2ccccc2)c(N)c1C#N)NCc1ccccn1.I. The van der Waals surface area contributed by atoms with Crippen LogP contribution in [-0.2, 0) is 13.0 Å². The zero-order valence-corrected chi connectivity index (χ0v) is 19.1. The molecule has 30 heavy (non-hydrogen) atoms. The molecule has 2 heterocycles. The number of nitrogen functional groups attached to an aromatic ring is 1. The number of benzene rings is 1. The topological polar surface area (TPSA) is 117 Å². The monoisotopic (exact) mass is 516 g/mol. The van der Waals surface area contributed by atoms with Crippen molar-refractivity contribution in [2.75, 3.05) is 19.3 Å². The van der Waals surface area contributed by atoms with Crippen LogP contribution >= 0.6 is 24.0 Å². The number of rotatable bonds is 7. The molecule has 9 heteroatoms. The van der Waals surface area contributed by atoms with Gasteiger partial charge in [-0.15, -0.1) is 24.0 Å². The second-order valence-corrected chi connectivity index (χ2v) is 6.34. The number of aryl methyl sites for hydroxylation is 1. The molecule has 3 aromatic rings. The van der Waals surface area contributed by atoms with Gasteiger partial charge in [0.05, 0.1) is 23.6 Å². The van der Waals surface area contributed by atoms with Gasteiger partial charge in [0.25, 0.3) is 0 Å². The maximum Gasteiger partial charge on any atom is 0.191 e. The van der Waals surface area contributed by atoms with Crippen LogP contribution in [0.25, 0.3) is 5.69 Å². The highest BCUT2D eigenvalue weighted by Gasteiger charge is 2.16. The number of aromatic nitrogens is 3. The molecule has 0 aliphatic heterocycles. The minimum absolute atomic E-state index is 0. The fourth-order valence-corrected chi connectivity index (χ4v) is 2.90. The van der Waals surface area contributed by atoms with Gasteiger partial charge < -0.3 is 16.4 Å². The molecule has 0 bridgehead atoms. The summed E-state index contributed by atoms with van der Waals surface area (Å²) in [6, 6.07) is 17.5. The van der Waals surface area contributed by atoms with Gasteiger partial charge in [0.2, 0.25) is 0 Å². The zero-order valence-electron chi connectivity index (χ0n) is 16.7. The van der Waals surface area contributed by atoms with Crippen LogP contribution in [0.5, 0.6) is 0 Å². The third-order valence-corrected chi connectivity index (χ3v) is 4.38. The Labute approximate surface area is 193 Å². The highest BCUT2D eigenvalue weighted by Crippen LogP contribution is 2.21. The van der Waals surface area contributed by atoms with Gasteiger partial charge in [-0.25, -0.2) is 4.68 Å². The molecular weight excluding hydrogens is 491 g/mol. The van der Waals surface area contributed by atoms with Crippen molar-refractivity contribution < 1.29 is 0 Å². The average molecular weight is 516 g/mol. The van der Waals surface area contributed by atoms with Gasteiger partial charge in [0.1, 0.15) is 17.5 Å². The lowest BCUT2D eigenvalue weighted by atomic mass is 10.1. The van der Waals surface area contributed by atoms with Crippen LogP contribution in [0.15, 0.2) is 59.7 Å². The van der Waals surface area contributed by atoms with Crippen LogP contribution in [0.3, 0.4) is 0 Å². The summed E-state index contributed by atoms with van der Waals surface area (Å²) in [5.41, 5.74) is 9.06. The molecule has 156 valence electrons. The van der Waals surface area contributed by atoms with E-state index < -0.39 is 0 Å². The number of nitriles is 1. The number of pyridine rings is 1. The molecule has 0 spiro atoms. The Hall–Kier alpha value is -3.13. The lowest BCUT2D eigenvalue weighted by Crippen LogP contribution is -2.37. The summed E-state index contributed by atoms with van der Waals surface area (Å²) in [7, 11) is 1.73. The maximum absolute atomic E-state index is 9.49. The Morgan fingerprint density at radius 2 is 1.93 bits per heavy atom. The molecule has 0 atom stereocenters. The van der Waals surface area contributed by atoms with Gasteiger partial charge in [0, 0.05) is 19.8 Å². The molecule has 4 N–H and O–H groups in total. The van der Waals surface area contributed by atoms with E-state index >= 15 is 0 Å². The molecular formula is C21H25IN8. The summed E-state index contributed by atoms with van der Waals surface area (Å²) in [6.07, 6.45) is 3.18. The molecule has 2 aromatic heterocycles. The van der Waals surface area contributed by atoms with Gasteiger partial charge in [0.15, 0.2) is 5.96 Å². The number of anilines is 1. The first-order valence-electron chi connectivity index (χ1n) is 9.40. The molecule has 0 fully saturated rings. The summed E-state index contributed by atoms with van der Waals surface area (Å²) >= 11 is 0. The third kappa shape index (κ3) is 5.93. The molecule has 0 unspecified atom stereocenters. The van der Waals surface area contributed by atoms with Gasteiger partial charge in [-0.3, -0.25) is 9.98 Å². The normalized spacial score (nSPS) is 10.7. The fourth-order valence-electron chi connectivity index (χ4n) is 2.90. The summed E-state index contributed by atoms with van der Waals surface area (Å²) < 4.78 is 1.62. The molecule has 0 saturated carbocycles. The number of hydrogen-bond acceptors (Lipinski definition) is 5. The van der Waals surface area contributed by atoms with E-state index in [-0.39, 0.29) is 24.0 Å². The molecule has 0 aliphatic rings. The first-order valence-corrected chi connectivity index (χ1v) is 9.40. The fraction of sp³-hybridized carbons (Fsp3) is 0.238. The number of nitrogens with zero attached hydrogens (tertiary/aromatic N) is 5. The van der Waals surface area contributed by atoms with E-state index in [0.717, 1.165) is 17.8 Å². The lowest BCUT2D eigenvalue weighted by Gasteiger charge is -2.11. The first-order chi connectivity index (χ1) is 14.2.